The van der Waals surface area contributed by atoms with Crippen LogP contribution in [0.2, 0.25) is 0 Å². The first kappa shape index (κ1) is 21.0. The number of anilines is 1. The van der Waals surface area contributed by atoms with E-state index < -0.39 is 33.0 Å². The van der Waals surface area contributed by atoms with E-state index in [4.69, 9.17) is 4.74 Å². The Balaban J connectivity index is 1.53. The van der Waals surface area contributed by atoms with Crippen LogP contribution in [0.1, 0.15) is 0 Å². The van der Waals surface area contributed by atoms with Crippen LogP contribution in [-0.4, -0.2) is 45.7 Å². The molecule has 1 aromatic carbocycles. The molecule has 0 aliphatic heterocycles. The summed E-state index contributed by atoms with van der Waals surface area (Å²) in [5, 5.41) is 18.0. The first-order valence-corrected chi connectivity index (χ1v) is 11.6. The van der Waals surface area contributed by atoms with Gasteiger partial charge in [-0.15, -0.1) is 10.2 Å². The third kappa shape index (κ3) is 3.68. The van der Waals surface area contributed by atoms with Crippen LogP contribution in [0.5, 0.6) is 5.88 Å². The maximum atomic E-state index is 15.2. The monoisotopic (exact) mass is 489 g/mol. The molecule has 5 aromatic rings. The van der Waals surface area contributed by atoms with E-state index in [9.17, 15) is 12.8 Å². The van der Waals surface area contributed by atoms with Gasteiger partial charge in [0.25, 0.3) is 10.0 Å². The number of H-pyrrole nitrogens is 1. The van der Waals surface area contributed by atoms with Gasteiger partial charge in [-0.25, -0.2) is 26.9 Å². The number of aromatic nitrogens is 6. The SMILES string of the molecule is COc1n[nH]c2ncc(-c3cn(-c4c(F)ccc(NS(=O)(=O)c5ccsc5)c4F)nn3)cc12. The summed E-state index contributed by atoms with van der Waals surface area (Å²) in [5.41, 5.74) is 0.250. The number of hydrogen-bond acceptors (Lipinski definition) is 8. The number of methoxy groups -OCH3 is 1. The number of rotatable bonds is 6. The van der Waals surface area contributed by atoms with E-state index in [0.29, 0.717) is 22.5 Å². The van der Waals surface area contributed by atoms with Gasteiger partial charge >= 0.3 is 0 Å². The predicted octanol–water partition coefficient (Wildman–Crippen LogP) is 3.35. The summed E-state index contributed by atoms with van der Waals surface area (Å²) < 4.78 is 62.8. The molecule has 5 rings (SSSR count). The molecule has 10 nitrogen and oxygen atoms in total. The molecule has 0 radical (unpaired) electrons. The van der Waals surface area contributed by atoms with E-state index in [1.54, 1.807) is 11.4 Å². The molecule has 0 amide bonds. The third-order valence-corrected chi connectivity index (χ3v) is 6.91. The zero-order valence-corrected chi connectivity index (χ0v) is 18.3. The van der Waals surface area contributed by atoms with Crippen molar-refractivity contribution in [1.82, 2.24) is 30.2 Å². The van der Waals surface area contributed by atoms with Gasteiger partial charge < -0.3 is 4.74 Å². The largest absolute Gasteiger partial charge is 0.479 e. The topological polar surface area (TPSA) is 128 Å². The second kappa shape index (κ2) is 7.90. The number of nitrogens with zero attached hydrogens (tertiary/aromatic N) is 5. The molecule has 14 heteroatoms. The van der Waals surface area contributed by atoms with Gasteiger partial charge in [-0.3, -0.25) is 9.82 Å². The highest BCUT2D eigenvalue weighted by atomic mass is 32.2. The highest BCUT2D eigenvalue weighted by molar-refractivity contribution is 7.92. The lowest BCUT2D eigenvalue weighted by Gasteiger charge is -2.11. The highest BCUT2D eigenvalue weighted by Crippen LogP contribution is 2.29. The lowest BCUT2D eigenvalue weighted by Crippen LogP contribution is -2.15. The van der Waals surface area contributed by atoms with Crippen molar-refractivity contribution < 1.29 is 21.9 Å². The van der Waals surface area contributed by atoms with Crippen molar-refractivity contribution in [3.63, 3.8) is 0 Å². The molecule has 0 spiro atoms. The number of fused-ring (bicyclic) bond motifs is 1. The molecular formula is C19H13F2N7O3S2. The number of ether oxygens (including phenoxy) is 1. The highest BCUT2D eigenvalue weighted by Gasteiger charge is 2.22. The summed E-state index contributed by atoms with van der Waals surface area (Å²) in [5.74, 6) is -1.77. The van der Waals surface area contributed by atoms with E-state index in [2.05, 4.69) is 30.2 Å². The van der Waals surface area contributed by atoms with Crippen molar-refractivity contribution in [3.05, 3.63) is 59.1 Å². The number of thiophene rings is 1. The van der Waals surface area contributed by atoms with E-state index in [0.717, 1.165) is 16.8 Å². The van der Waals surface area contributed by atoms with Gasteiger partial charge in [-0.2, -0.15) is 11.3 Å². The fourth-order valence-electron chi connectivity index (χ4n) is 3.12. The van der Waals surface area contributed by atoms with Gasteiger partial charge in [0.2, 0.25) is 5.88 Å². The fraction of sp³-hybridized carbons (Fsp3) is 0.0526. The molecular weight excluding hydrogens is 476 g/mol. The summed E-state index contributed by atoms with van der Waals surface area (Å²) in [6.45, 7) is 0. The zero-order valence-electron chi connectivity index (χ0n) is 16.7. The quantitative estimate of drug-likeness (QED) is 0.374. The maximum Gasteiger partial charge on any atom is 0.262 e. The zero-order chi connectivity index (χ0) is 23.2. The minimum atomic E-state index is -4.04. The van der Waals surface area contributed by atoms with Crippen molar-refractivity contribution in [3.8, 4) is 22.8 Å². The molecule has 168 valence electrons. The molecule has 4 heterocycles. The number of sulfonamides is 1. The van der Waals surface area contributed by atoms with E-state index in [-0.39, 0.29) is 10.6 Å². The smallest absolute Gasteiger partial charge is 0.262 e. The summed E-state index contributed by atoms with van der Waals surface area (Å²) >= 11 is 1.17. The van der Waals surface area contributed by atoms with Gasteiger partial charge in [-0.1, -0.05) is 5.21 Å². The Morgan fingerprint density at radius 1 is 1.24 bits per heavy atom. The minimum Gasteiger partial charge on any atom is -0.479 e. The summed E-state index contributed by atoms with van der Waals surface area (Å²) in [4.78, 5) is 4.19. The minimum absolute atomic E-state index is 0.0293. The molecule has 0 aliphatic rings. The summed E-state index contributed by atoms with van der Waals surface area (Å²) in [7, 11) is -2.58. The number of pyridine rings is 1. The van der Waals surface area contributed by atoms with E-state index in [1.807, 2.05) is 0 Å². The van der Waals surface area contributed by atoms with Gasteiger partial charge in [0.1, 0.15) is 11.4 Å². The van der Waals surface area contributed by atoms with Crippen LogP contribution < -0.4 is 9.46 Å². The van der Waals surface area contributed by atoms with Crippen LogP contribution in [0.3, 0.4) is 0 Å². The van der Waals surface area contributed by atoms with E-state index >= 15 is 4.39 Å². The standard InChI is InChI=1S/C19H13F2N7O3S2/c1-31-19-12-6-10(7-22-18(12)24-25-19)15-8-28(27-23-15)17-13(20)2-3-14(16(17)21)26-33(29,30)11-4-5-32-9-11/h2-9,26H,1H3,(H,22,24,25). The van der Waals surface area contributed by atoms with Gasteiger partial charge in [0.05, 0.1) is 29.3 Å². The van der Waals surface area contributed by atoms with Crippen molar-refractivity contribution in [2.45, 2.75) is 4.90 Å². The average Bonchev–Trinajstić information content (AvgIpc) is 3.56. The first-order valence-electron chi connectivity index (χ1n) is 9.21. The Morgan fingerprint density at radius 2 is 2.09 bits per heavy atom. The van der Waals surface area contributed by atoms with Crippen LogP contribution in [0, 0.1) is 11.6 Å². The summed E-state index contributed by atoms with van der Waals surface area (Å²) in [6, 6.07) is 5.00. The molecule has 0 fully saturated rings. The first-order chi connectivity index (χ1) is 15.9. The number of halogens is 2. The molecule has 0 aliphatic carbocycles. The van der Waals surface area contributed by atoms with Crippen molar-refractivity contribution >= 4 is 38.1 Å². The molecule has 2 N–H and O–H groups in total. The number of hydrogen-bond donors (Lipinski definition) is 2. The maximum absolute atomic E-state index is 15.2. The second-order valence-electron chi connectivity index (χ2n) is 6.72. The van der Waals surface area contributed by atoms with Crippen LogP contribution in [0.15, 0.2) is 52.3 Å². The van der Waals surface area contributed by atoms with E-state index in [1.165, 1.54) is 42.3 Å². The summed E-state index contributed by atoms with van der Waals surface area (Å²) in [6.07, 6.45) is 2.79. The van der Waals surface area contributed by atoms with Gasteiger partial charge in [0, 0.05) is 17.1 Å². The lowest BCUT2D eigenvalue weighted by molar-refractivity contribution is 0.401. The predicted molar refractivity (Wildman–Crippen MR) is 116 cm³/mol. The molecule has 33 heavy (non-hydrogen) atoms. The van der Waals surface area contributed by atoms with Crippen LogP contribution in [0.4, 0.5) is 14.5 Å². The van der Waals surface area contributed by atoms with Gasteiger partial charge in [-0.05, 0) is 29.6 Å². The average molecular weight is 489 g/mol. The number of benzene rings is 1. The molecule has 4 aromatic heterocycles. The van der Waals surface area contributed by atoms with Crippen LogP contribution in [-0.2, 0) is 10.0 Å². The molecule has 0 atom stereocenters. The van der Waals surface area contributed by atoms with Gasteiger partial charge in [0.15, 0.2) is 17.3 Å². The van der Waals surface area contributed by atoms with Crippen molar-refractivity contribution in [2.24, 2.45) is 0 Å². The third-order valence-electron chi connectivity index (χ3n) is 4.71. The van der Waals surface area contributed by atoms with Crippen LogP contribution >= 0.6 is 11.3 Å². The molecule has 0 bridgehead atoms. The Bertz CT molecular complexity index is 1580. The molecule has 0 saturated heterocycles. The number of nitrogens with one attached hydrogen (secondary N) is 2. The molecule has 0 saturated carbocycles. The molecule has 0 unspecified atom stereocenters. The van der Waals surface area contributed by atoms with Crippen LogP contribution in [0.25, 0.3) is 28.0 Å². The normalized spacial score (nSPS) is 11.7. The Hall–Kier alpha value is -3.91. The number of aromatic amines is 1. The lowest BCUT2D eigenvalue weighted by atomic mass is 10.2. The Morgan fingerprint density at radius 3 is 2.85 bits per heavy atom. The fourth-order valence-corrected chi connectivity index (χ4v) is 5.21. The Kier molecular flexibility index (Phi) is 5.02. The Labute approximate surface area is 188 Å². The van der Waals surface area contributed by atoms with Crippen molar-refractivity contribution in [2.75, 3.05) is 11.8 Å². The van der Waals surface area contributed by atoms with Crippen molar-refractivity contribution in [1.29, 1.82) is 0 Å². The second-order valence-corrected chi connectivity index (χ2v) is 9.19.